The number of piperidine rings is 1. The third kappa shape index (κ3) is 5.04. The van der Waals surface area contributed by atoms with Crippen LogP contribution in [0, 0.1) is 11.0 Å². The van der Waals surface area contributed by atoms with Crippen LogP contribution in [0.5, 0.6) is 0 Å². The Morgan fingerprint density at radius 3 is 2.75 bits per heavy atom. The van der Waals surface area contributed by atoms with Gasteiger partial charge < -0.3 is 10.1 Å². The number of urea groups is 1. The van der Waals surface area contributed by atoms with Crippen LogP contribution < -0.4 is 14.1 Å². The van der Waals surface area contributed by atoms with Gasteiger partial charge in [0.25, 0.3) is 0 Å². The van der Waals surface area contributed by atoms with Crippen LogP contribution in [0.2, 0.25) is 5.02 Å². The van der Waals surface area contributed by atoms with Crippen molar-refractivity contribution >= 4 is 39.2 Å². The number of carbonyl (C=O) groups is 1. The van der Waals surface area contributed by atoms with Crippen molar-refractivity contribution in [3.8, 4) is 0 Å². The van der Waals surface area contributed by atoms with E-state index >= 15 is 0 Å². The number of hydrogen-bond donors (Lipinski definition) is 2. The number of quaternary nitrogens is 1. The van der Waals surface area contributed by atoms with E-state index in [1.54, 1.807) is 14.0 Å². The first-order chi connectivity index (χ1) is 15.0. The standard InChI is InChI=1S/C19H26ClFN6O4S/c1-4-13-8-14(9-17(20)18(13)21)23-19(28)27(29)32(30,31)26(16-10-22-25(3)12-16)15-6-5-7-24(2)11-15/h8-10,12,15,27H,4-7,11H2,1-3H3,(H,23,28). The van der Waals surface area contributed by atoms with Gasteiger partial charge in [-0.15, -0.1) is 0 Å². The van der Waals surface area contributed by atoms with Crippen molar-refractivity contribution in [2.75, 3.05) is 29.8 Å². The zero-order valence-corrected chi connectivity index (χ0v) is 19.6. The minimum atomic E-state index is -4.72. The third-order valence-corrected chi connectivity index (χ3v) is 7.25. The van der Waals surface area contributed by atoms with Crippen molar-refractivity contribution in [1.29, 1.82) is 0 Å². The van der Waals surface area contributed by atoms with Crippen LogP contribution in [0.3, 0.4) is 0 Å². The summed E-state index contributed by atoms with van der Waals surface area (Å²) in [5.41, 5.74) is 0.463. The maximum atomic E-state index is 14.0. The highest BCUT2D eigenvalue weighted by Gasteiger charge is 2.40. The van der Waals surface area contributed by atoms with Crippen molar-refractivity contribution in [2.24, 2.45) is 7.05 Å². The second-order valence-corrected chi connectivity index (χ2v) is 9.88. The van der Waals surface area contributed by atoms with Gasteiger partial charge in [-0.25, -0.2) is 13.5 Å². The van der Waals surface area contributed by atoms with Crippen molar-refractivity contribution in [3.63, 3.8) is 0 Å². The molecular weight excluding hydrogens is 463 g/mol. The third-order valence-electron chi connectivity index (χ3n) is 5.30. The Morgan fingerprint density at radius 2 is 2.16 bits per heavy atom. The van der Waals surface area contributed by atoms with Gasteiger partial charge in [0.1, 0.15) is 5.82 Å². The van der Waals surface area contributed by atoms with E-state index in [-0.39, 0.29) is 22.0 Å². The normalized spacial score (nSPS) is 18.4. The molecule has 0 aliphatic carbocycles. The van der Waals surface area contributed by atoms with E-state index in [1.807, 2.05) is 11.9 Å². The molecule has 2 atom stereocenters. The van der Waals surface area contributed by atoms with Gasteiger partial charge in [-0.05, 0) is 50.6 Å². The molecule has 1 aliphatic heterocycles. The monoisotopic (exact) mass is 488 g/mol. The lowest BCUT2D eigenvalue weighted by atomic mass is 10.1. The summed E-state index contributed by atoms with van der Waals surface area (Å²) in [7, 11) is -1.24. The van der Waals surface area contributed by atoms with E-state index in [0.717, 1.165) is 23.3 Å². The average molecular weight is 489 g/mol. The number of hydrogen-bond acceptors (Lipinski definition) is 6. The molecule has 0 saturated carbocycles. The van der Waals surface area contributed by atoms with Crippen LogP contribution in [0.15, 0.2) is 24.5 Å². The van der Waals surface area contributed by atoms with E-state index in [9.17, 15) is 22.8 Å². The predicted octanol–water partition coefficient (Wildman–Crippen LogP) is 1.54. The quantitative estimate of drug-likeness (QED) is 0.596. The Labute approximate surface area is 191 Å². The molecular formula is C19H26ClFN6O4S. The first kappa shape index (κ1) is 24.4. The lowest BCUT2D eigenvalue weighted by Gasteiger charge is -2.38. The Bertz CT molecular complexity index is 1100. The Balaban J connectivity index is 1.90. The van der Waals surface area contributed by atoms with Crippen molar-refractivity contribution in [2.45, 2.75) is 32.2 Å². The number of rotatable bonds is 6. The summed E-state index contributed by atoms with van der Waals surface area (Å²) in [6, 6.07) is 0.552. The number of nitrogens with zero attached hydrogens (tertiary/aromatic N) is 4. The van der Waals surface area contributed by atoms with Gasteiger partial charge in [0, 0.05) is 25.5 Å². The zero-order chi connectivity index (χ0) is 23.6. The van der Waals surface area contributed by atoms with E-state index < -0.39 is 32.6 Å². The molecule has 2 N–H and O–H groups in total. The molecule has 32 heavy (non-hydrogen) atoms. The molecule has 1 aromatic carbocycles. The number of nitrogens with one attached hydrogen (secondary N) is 2. The molecule has 0 radical (unpaired) electrons. The summed E-state index contributed by atoms with van der Waals surface area (Å²) in [5, 5.41) is 18.8. The summed E-state index contributed by atoms with van der Waals surface area (Å²) in [6.45, 7) is 2.90. The van der Waals surface area contributed by atoms with Gasteiger partial charge in [0.2, 0.25) is 0 Å². The first-order valence-electron chi connectivity index (χ1n) is 10.1. The van der Waals surface area contributed by atoms with Gasteiger partial charge in [-0.3, -0.25) is 10.00 Å². The Kier molecular flexibility index (Phi) is 7.40. The fourth-order valence-electron chi connectivity index (χ4n) is 3.76. The molecule has 2 unspecified atom stereocenters. The maximum Gasteiger partial charge on any atom is 0.436 e. The molecule has 2 amide bonds. The number of aryl methyl sites for hydroxylation is 2. The van der Waals surface area contributed by atoms with Gasteiger partial charge in [0.15, 0.2) is 0 Å². The largest absolute Gasteiger partial charge is 0.608 e. The second-order valence-electron chi connectivity index (χ2n) is 7.76. The summed E-state index contributed by atoms with van der Waals surface area (Å²) in [5.74, 6) is -0.629. The number of hydroxylamine groups is 1. The lowest BCUT2D eigenvalue weighted by molar-refractivity contribution is -0.604. The Morgan fingerprint density at radius 1 is 1.44 bits per heavy atom. The number of carbonyl (C=O) groups excluding carboxylic acids is 1. The molecule has 1 aromatic heterocycles. The molecule has 0 spiro atoms. The lowest BCUT2D eigenvalue weighted by Crippen LogP contribution is -3.14. The number of likely N-dealkylation sites (tertiary alicyclic amines) is 1. The number of likely N-dealkylation sites (N-methyl/N-ethyl adjacent to an activating group) is 1. The molecule has 1 aliphatic rings. The van der Waals surface area contributed by atoms with Crippen LogP contribution in [0.1, 0.15) is 25.3 Å². The fourth-order valence-corrected chi connectivity index (χ4v) is 5.40. The Hall–Kier alpha value is -2.25. The fraction of sp³-hybridized carbons (Fsp3) is 0.474. The van der Waals surface area contributed by atoms with E-state index in [4.69, 9.17) is 11.6 Å². The van der Waals surface area contributed by atoms with E-state index in [2.05, 4.69) is 10.4 Å². The van der Waals surface area contributed by atoms with Crippen LogP contribution in [0.4, 0.5) is 20.6 Å². The van der Waals surface area contributed by atoms with Crippen LogP contribution in [0.25, 0.3) is 0 Å². The minimum absolute atomic E-state index is 0.0344. The van der Waals surface area contributed by atoms with Crippen molar-refractivity contribution in [3.05, 3.63) is 46.1 Å². The highest BCUT2D eigenvalue weighted by atomic mass is 35.5. The maximum absolute atomic E-state index is 14.0. The molecule has 10 nitrogen and oxygen atoms in total. The zero-order valence-electron chi connectivity index (χ0n) is 18.0. The first-order valence-corrected chi connectivity index (χ1v) is 11.9. The number of benzene rings is 1. The number of anilines is 2. The predicted molar refractivity (Wildman–Crippen MR) is 119 cm³/mol. The molecule has 0 bridgehead atoms. The van der Waals surface area contributed by atoms with Crippen LogP contribution in [-0.4, -0.2) is 55.3 Å². The van der Waals surface area contributed by atoms with Crippen molar-refractivity contribution in [1.82, 2.24) is 14.7 Å². The number of aromatic nitrogens is 2. The highest BCUT2D eigenvalue weighted by molar-refractivity contribution is 7.86. The van der Waals surface area contributed by atoms with E-state index in [0.29, 0.717) is 19.4 Å². The molecule has 3 rings (SSSR count). The van der Waals surface area contributed by atoms with E-state index in [1.165, 1.54) is 23.1 Å². The van der Waals surface area contributed by atoms with Gasteiger partial charge in [-0.1, -0.05) is 18.5 Å². The molecule has 2 heterocycles. The molecule has 1 saturated heterocycles. The summed E-state index contributed by atoms with van der Waals surface area (Å²) in [4.78, 5) is 14.6. The summed E-state index contributed by atoms with van der Waals surface area (Å²) >= 11 is 5.85. The topological polar surface area (TPSA) is 115 Å². The average Bonchev–Trinajstić information content (AvgIpc) is 3.15. The van der Waals surface area contributed by atoms with Gasteiger partial charge >= 0.3 is 16.2 Å². The van der Waals surface area contributed by atoms with Gasteiger partial charge in [0.05, 0.1) is 22.9 Å². The second kappa shape index (κ2) is 9.71. The minimum Gasteiger partial charge on any atom is -0.608 e. The number of amides is 2. The SMILES string of the molecule is CCc1cc(NC(=O)[NH+]([O-])S(=O)(=O)N(c2cnn(C)c2)C2CCCN(C)C2)cc(Cl)c1F. The van der Waals surface area contributed by atoms with Crippen LogP contribution in [-0.2, 0) is 23.7 Å². The van der Waals surface area contributed by atoms with Crippen LogP contribution >= 0.6 is 11.6 Å². The summed E-state index contributed by atoms with van der Waals surface area (Å²) < 4.78 is 41.3. The van der Waals surface area contributed by atoms with Gasteiger partial charge in [-0.2, -0.15) is 18.0 Å². The number of halogens is 2. The molecule has 176 valence electrons. The summed E-state index contributed by atoms with van der Waals surface area (Å²) in [6.07, 6.45) is 4.38. The molecule has 13 heteroatoms. The smallest absolute Gasteiger partial charge is 0.436 e. The molecule has 1 fully saturated rings. The highest BCUT2D eigenvalue weighted by Crippen LogP contribution is 2.25. The molecule has 2 aromatic rings. The van der Waals surface area contributed by atoms with Crippen molar-refractivity contribution < 1.29 is 22.1 Å².